The molecule has 0 aromatic heterocycles. The van der Waals surface area contributed by atoms with Gasteiger partial charge in [-0.1, -0.05) is 0 Å². The molecule has 4 atom stereocenters. The number of carbonyl (C=O) groups is 6. The summed E-state index contributed by atoms with van der Waals surface area (Å²) >= 11 is 4.08. The Kier molecular flexibility index (Phi) is 10.9. The number of carboxylic acid groups (broad SMARTS) is 2. The molecule has 0 saturated carbocycles. The number of likely N-dealkylation sites (tertiary alicyclic amines) is 1. The van der Waals surface area contributed by atoms with E-state index >= 15 is 0 Å². The monoisotopic (exact) mass is 475 g/mol. The first kappa shape index (κ1) is 27.2. The summed E-state index contributed by atoms with van der Waals surface area (Å²) in [6, 6.07) is -4.56. The highest BCUT2D eigenvalue weighted by Crippen LogP contribution is 2.19. The van der Waals surface area contributed by atoms with Gasteiger partial charge in [0, 0.05) is 25.1 Å². The molecule has 1 heterocycles. The smallest absolute Gasteiger partial charge is 0.326 e. The first-order valence-electron chi connectivity index (χ1n) is 9.98. The van der Waals surface area contributed by atoms with E-state index < -0.39 is 66.2 Å². The van der Waals surface area contributed by atoms with E-state index in [1.807, 2.05) is 0 Å². The second-order valence-electron chi connectivity index (χ2n) is 7.38. The third-order valence-corrected chi connectivity index (χ3v) is 5.30. The molecule has 0 radical (unpaired) electrons. The summed E-state index contributed by atoms with van der Waals surface area (Å²) in [7, 11) is 0. The highest BCUT2D eigenvalue weighted by molar-refractivity contribution is 7.80. The SMILES string of the molecule is NC(=O)CCC(N)C(=O)NC(CS)C(=O)N1CCCC1C(=O)NC(CCC(=O)O)C(=O)O. The average Bonchev–Trinajstić information content (AvgIpc) is 3.21. The molecular weight excluding hydrogens is 446 g/mol. The highest BCUT2D eigenvalue weighted by Gasteiger charge is 2.38. The van der Waals surface area contributed by atoms with E-state index in [4.69, 9.17) is 16.6 Å². The number of hydrogen-bond donors (Lipinski definition) is 7. The van der Waals surface area contributed by atoms with Gasteiger partial charge in [-0.2, -0.15) is 12.6 Å². The number of nitrogens with zero attached hydrogens (tertiary/aromatic N) is 1. The van der Waals surface area contributed by atoms with Crippen LogP contribution in [-0.2, 0) is 28.8 Å². The quantitative estimate of drug-likeness (QED) is 0.139. The largest absolute Gasteiger partial charge is 0.481 e. The van der Waals surface area contributed by atoms with E-state index in [-0.39, 0.29) is 38.0 Å². The van der Waals surface area contributed by atoms with Crippen LogP contribution in [0.5, 0.6) is 0 Å². The third-order valence-electron chi connectivity index (χ3n) is 4.94. The van der Waals surface area contributed by atoms with Crippen LogP contribution < -0.4 is 22.1 Å². The lowest BCUT2D eigenvalue weighted by molar-refractivity contribution is -0.145. The van der Waals surface area contributed by atoms with Gasteiger partial charge in [0.2, 0.25) is 23.6 Å². The van der Waals surface area contributed by atoms with Gasteiger partial charge >= 0.3 is 11.9 Å². The molecule has 14 heteroatoms. The zero-order valence-corrected chi connectivity index (χ0v) is 18.3. The van der Waals surface area contributed by atoms with Crippen molar-refractivity contribution >= 4 is 48.2 Å². The average molecular weight is 476 g/mol. The molecule has 1 saturated heterocycles. The maximum absolute atomic E-state index is 12.9. The van der Waals surface area contributed by atoms with Crippen molar-refractivity contribution in [2.75, 3.05) is 12.3 Å². The van der Waals surface area contributed by atoms with Crippen molar-refractivity contribution in [3.05, 3.63) is 0 Å². The van der Waals surface area contributed by atoms with E-state index in [0.717, 1.165) is 0 Å². The minimum atomic E-state index is -1.42. The van der Waals surface area contributed by atoms with E-state index in [1.54, 1.807) is 0 Å². The van der Waals surface area contributed by atoms with Crippen LogP contribution in [0.1, 0.15) is 38.5 Å². The third kappa shape index (κ3) is 8.34. The van der Waals surface area contributed by atoms with Crippen molar-refractivity contribution in [3.8, 4) is 0 Å². The number of aliphatic carboxylic acids is 2. The zero-order chi connectivity index (χ0) is 24.4. The van der Waals surface area contributed by atoms with Crippen molar-refractivity contribution in [1.29, 1.82) is 0 Å². The predicted molar refractivity (Wildman–Crippen MR) is 113 cm³/mol. The number of carbonyl (C=O) groups excluding carboxylic acids is 4. The Labute approximate surface area is 189 Å². The minimum absolute atomic E-state index is 0.00366. The van der Waals surface area contributed by atoms with E-state index in [1.165, 1.54) is 4.90 Å². The van der Waals surface area contributed by atoms with Gasteiger partial charge in [0.1, 0.15) is 18.1 Å². The van der Waals surface area contributed by atoms with Gasteiger partial charge in [-0.05, 0) is 25.7 Å². The molecule has 1 aliphatic rings. The molecule has 8 N–H and O–H groups in total. The maximum Gasteiger partial charge on any atom is 0.326 e. The second kappa shape index (κ2) is 12.9. The maximum atomic E-state index is 12.9. The lowest BCUT2D eigenvalue weighted by Crippen LogP contribution is -2.57. The molecule has 32 heavy (non-hydrogen) atoms. The van der Waals surface area contributed by atoms with Crippen LogP contribution in [0.3, 0.4) is 0 Å². The summed E-state index contributed by atoms with van der Waals surface area (Å²) in [5.74, 6) is -5.30. The summed E-state index contributed by atoms with van der Waals surface area (Å²) in [5, 5.41) is 22.7. The number of nitrogens with one attached hydrogen (secondary N) is 2. The molecule has 1 aliphatic heterocycles. The molecule has 180 valence electrons. The summed E-state index contributed by atoms with van der Waals surface area (Å²) in [4.78, 5) is 71.9. The molecule has 13 nitrogen and oxygen atoms in total. The number of carboxylic acids is 2. The Morgan fingerprint density at radius 2 is 1.69 bits per heavy atom. The standard InChI is InChI=1S/C18H29N5O8S/c19-9(3-5-13(20)24)15(27)22-11(8-32)17(29)23-7-1-2-12(23)16(28)21-10(18(30)31)4-6-14(25)26/h9-12,32H,1-8,19H2,(H2,20,24)(H,21,28)(H,22,27)(H,25,26)(H,30,31). The van der Waals surface area contributed by atoms with Gasteiger partial charge in [0.25, 0.3) is 0 Å². The molecule has 1 fully saturated rings. The van der Waals surface area contributed by atoms with Gasteiger partial charge in [-0.25, -0.2) is 4.79 Å². The Bertz CT molecular complexity index is 749. The van der Waals surface area contributed by atoms with E-state index in [0.29, 0.717) is 6.42 Å². The van der Waals surface area contributed by atoms with E-state index in [2.05, 4.69) is 23.3 Å². The molecule has 1 rings (SSSR count). The number of rotatable bonds is 13. The fourth-order valence-electron chi connectivity index (χ4n) is 3.19. The lowest BCUT2D eigenvalue weighted by Gasteiger charge is -2.29. The van der Waals surface area contributed by atoms with Crippen molar-refractivity contribution in [3.63, 3.8) is 0 Å². The second-order valence-corrected chi connectivity index (χ2v) is 7.74. The molecule has 4 amide bonds. The lowest BCUT2D eigenvalue weighted by atomic mass is 10.1. The first-order valence-corrected chi connectivity index (χ1v) is 10.6. The number of amides is 4. The molecule has 0 bridgehead atoms. The van der Waals surface area contributed by atoms with Crippen LogP contribution in [0.2, 0.25) is 0 Å². The fourth-order valence-corrected chi connectivity index (χ4v) is 3.44. The van der Waals surface area contributed by atoms with Crippen LogP contribution in [0.15, 0.2) is 0 Å². The molecule has 0 aliphatic carbocycles. The zero-order valence-electron chi connectivity index (χ0n) is 17.4. The Morgan fingerprint density at radius 1 is 1.03 bits per heavy atom. The highest BCUT2D eigenvalue weighted by atomic mass is 32.1. The molecular formula is C18H29N5O8S. The van der Waals surface area contributed by atoms with E-state index in [9.17, 15) is 33.9 Å². The van der Waals surface area contributed by atoms with Gasteiger partial charge < -0.3 is 37.2 Å². The Balaban J connectivity index is 2.79. The van der Waals surface area contributed by atoms with Crippen LogP contribution in [0.4, 0.5) is 0 Å². The fraction of sp³-hybridized carbons (Fsp3) is 0.667. The van der Waals surface area contributed by atoms with Crippen molar-refractivity contribution < 1.29 is 39.0 Å². The van der Waals surface area contributed by atoms with Gasteiger partial charge in [0.05, 0.1) is 6.04 Å². The normalized spacial score (nSPS) is 18.3. The van der Waals surface area contributed by atoms with Crippen LogP contribution in [0.25, 0.3) is 0 Å². The van der Waals surface area contributed by atoms with Crippen molar-refractivity contribution in [2.24, 2.45) is 11.5 Å². The molecule has 0 aromatic carbocycles. The molecule has 0 aromatic rings. The summed E-state index contributed by atoms with van der Waals surface area (Å²) in [5.41, 5.74) is 10.7. The number of primary amides is 1. The molecule has 0 spiro atoms. The van der Waals surface area contributed by atoms with Crippen LogP contribution in [0, 0.1) is 0 Å². The number of nitrogens with two attached hydrogens (primary N) is 2. The van der Waals surface area contributed by atoms with Gasteiger partial charge in [-0.15, -0.1) is 0 Å². The number of thiol groups is 1. The van der Waals surface area contributed by atoms with Crippen molar-refractivity contribution in [2.45, 2.75) is 62.7 Å². The predicted octanol–water partition coefficient (Wildman–Crippen LogP) is -2.58. The summed E-state index contributed by atoms with van der Waals surface area (Å²) < 4.78 is 0. The molecule has 4 unspecified atom stereocenters. The minimum Gasteiger partial charge on any atom is -0.481 e. The van der Waals surface area contributed by atoms with Crippen molar-refractivity contribution in [1.82, 2.24) is 15.5 Å². The first-order chi connectivity index (χ1) is 15.0. The summed E-state index contributed by atoms with van der Waals surface area (Å²) in [6.07, 6.45) is -0.119. The Hall–Kier alpha value is -2.87. The van der Waals surface area contributed by atoms with Gasteiger partial charge in [-0.3, -0.25) is 24.0 Å². The van der Waals surface area contributed by atoms with Crippen LogP contribution >= 0.6 is 12.6 Å². The summed E-state index contributed by atoms with van der Waals surface area (Å²) in [6.45, 7) is 0.206. The van der Waals surface area contributed by atoms with Gasteiger partial charge in [0.15, 0.2) is 0 Å². The Morgan fingerprint density at radius 3 is 2.22 bits per heavy atom. The number of hydrogen-bond acceptors (Lipinski definition) is 8. The topological polar surface area (TPSA) is 222 Å². The van der Waals surface area contributed by atoms with Crippen LogP contribution in [-0.4, -0.2) is 87.1 Å².